The quantitative estimate of drug-likeness (QED) is 0.815. The summed E-state index contributed by atoms with van der Waals surface area (Å²) in [5, 5.41) is 3.65. The molecule has 2 aromatic carbocycles. The van der Waals surface area contributed by atoms with E-state index in [-0.39, 0.29) is 18.0 Å². The highest BCUT2D eigenvalue weighted by molar-refractivity contribution is 6.31. The van der Waals surface area contributed by atoms with E-state index in [1.165, 1.54) is 0 Å². The van der Waals surface area contributed by atoms with Gasteiger partial charge >= 0.3 is 0 Å². The van der Waals surface area contributed by atoms with E-state index in [4.69, 9.17) is 11.6 Å². The van der Waals surface area contributed by atoms with Crippen LogP contribution in [-0.4, -0.2) is 11.9 Å². The molecule has 0 spiro atoms. The van der Waals surface area contributed by atoms with Crippen molar-refractivity contribution in [2.45, 2.75) is 25.4 Å². The topological polar surface area (TPSA) is 53.2 Å². The van der Waals surface area contributed by atoms with E-state index in [0.29, 0.717) is 11.4 Å². The third-order valence-corrected chi connectivity index (χ3v) is 4.13. The fraction of sp³-hybridized carbons (Fsp3) is 0.235. The largest absolute Gasteiger partial charge is 0.325 e. The Morgan fingerprint density at radius 3 is 2.77 bits per heavy atom. The third-order valence-electron chi connectivity index (χ3n) is 3.79. The van der Waals surface area contributed by atoms with Crippen LogP contribution < -0.4 is 16.2 Å². The van der Waals surface area contributed by atoms with Gasteiger partial charge in [0.1, 0.15) is 6.04 Å². The number of halogens is 1. The van der Waals surface area contributed by atoms with Crippen molar-refractivity contribution in [2.24, 2.45) is 0 Å². The molecular weight excluding hydrogens is 298 g/mol. The molecule has 4 nitrogen and oxygen atoms in total. The number of hydrogen-bond acceptors (Lipinski definition) is 3. The van der Waals surface area contributed by atoms with Crippen molar-refractivity contribution in [1.29, 1.82) is 0 Å². The molecule has 1 amide bonds. The molecule has 5 heteroatoms. The van der Waals surface area contributed by atoms with Crippen molar-refractivity contribution in [1.82, 2.24) is 10.9 Å². The molecule has 2 aromatic rings. The van der Waals surface area contributed by atoms with Crippen LogP contribution in [0.1, 0.15) is 23.6 Å². The van der Waals surface area contributed by atoms with Crippen molar-refractivity contribution in [3.05, 3.63) is 64.7 Å². The van der Waals surface area contributed by atoms with E-state index in [1.54, 1.807) is 0 Å². The lowest BCUT2D eigenvalue weighted by atomic mass is 10.0. The van der Waals surface area contributed by atoms with Gasteiger partial charge in [-0.15, -0.1) is 0 Å². The zero-order chi connectivity index (χ0) is 15.5. The van der Waals surface area contributed by atoms with Gasteiger partial charge in [0.25, 0.3) is 0 Å². The van der Waals surface area contributed by atoms with Crippen molar-refractivity contribution >= 4 is 23.2 Å². The van der Waals surface area contributed by atoms with Gasteiger partial charge in [0, 0.05) is 16.8 Å². The Balaban J connectivity index is 1.65. The molecule has 3 rings (SSSR count). The van der Waals surface area contributed by atoms with Crippen molar-refractivity contribution in [2.75, 3.05) is 5.32 Å². The van der Waals surface area contributed by atoms with Crippen molar-refractivity contribution in [3.8, 4) is 0 Å². The molecule has 2 atom stereocenters. The molecular formula is C17H18ClN3O. The number of benzene rings is 2. The highest BCUT2D eigenvalue weighted by atomic mass is 35.5. The second-order valence-electron chi connectivity index (χ2n) is 5.51. The van der Waals surface area contributed by atoms with Crippen molar-refractivity contribution in [3.63, 3.8) is 0 Å². The molecule has 22 heavy (non-hydrogen) atoms. The Hall–Kier alpha value is -1.88. The zero-order valence-electron chi connectivity index (χ0n) is 12.3. The van der Waals surface area contributed by atoms with Gasteiger partial charge in [-0.2, -0.15) is 0 Å². The van der Waals surface area contributed by atoms with E-state index < -0.39 is 0 Å². The Bertz CT molecular complexity index is 689. The van der Waals surface area contributed by atoms with Gasteiger partial charge in [0.05, 0.1) is 0 Å². The summed E-state index contributed by atoms with van der Waals surface area (Å²) in [5.41, 5.74) is 9.12. The maximum absolute atomic E-state index is 12.3. The minimum Gasteiger partial charge on any atom is -0.325 e. The molecule has 3 N–H and O–H groups in total. The molecule has 114 valence electrons. The van der Waals surface area contributed by atoms with Crippen LogP contribution in [-0.2, 0) is 4.79 Å². The number of hydrazine groups is 1. The first kappa shape index (κ1) is 15.0. The monoisotopic (exact) mass is 315 g/mol. The first-order valence-corrected chi connectivity index (χ1v) is 7.64. The lowest BCUT2D eigenvalue weighted by Gasteiger charge is -2.12. The molecule has 2 unspecified atom stereocenters. The number of nitrogens with one attached hydrogen (secondary N) is 3. The molecule has 0 aliphatic carbocycles. The summed E-state index contributed by atoms with van der Waals surface area (Å²) in [4.78, 5) is 12.3. The molecule has 1 aliphatic rings. The lowest BCUT2D eigenvalue weighted by molar-refractivity contribution is -0.117. The average Bonchev–Trinajstić information content (AvgIpc) is 2.97. The number of hydrogen-bond donors (Lipinski definition) is 3. The average molecular weight is 316 g/mol. The third kappa shape index (κ3) is 3.30. The molecule has 0 bridgehead atoms. The predicted molar refractivity (Wildman–Crippen MR) is 88.7 cm³/mol. The van der Waals surface area contributed by atoms with Crippen LogP contribution >= 0.6 is 11.6 Å². The fourth-order valence-electron chi connectivity index (χ4n) is 2.64. The van der Waals surface area contributed by atoms with Crippen LogP contribution in [0.2, 0.25) is 5.02 Å². The number of rotatable bonds is 3. The van der Waals surface area contributed by atoms with Gasteiger partial charge in [0.15, 0.2) is 0 Å². The first-order chi connectivity index (χ1) is 10.6. The van der Waals surface area contributed by atoms with Gasteiger partial charge in [0.2, 0.25) is 5.91 Å². The predicted octanol–water partition coefficient (Wildman–Crippen LogP) is 3.19. The molecule has 0 saturated carbocycles. The lowest BCUT2D eigenvalue weighted by Crippen LogP contribution is -2.39. The zero-order valence-corrected chi connectivity index (χ0v) is 13.0. The van der Waals surface area contributed by atoms with Crippen LogP contribution in [0.25, 0.3) is 0 Å². The summed E-state index contributed by atoms with van der Waals surface area (Å²) in [6.45, 7) is 2.00. The van der Waals surface area contributed by atoms with E-state index >= 15 is 0 Å². The highest BCUT2D eigenvalue weighted by Crippen LogP contribution is 2.28. The summed E-state index contributed by atoms with van der Waals surface area (Å²) in [5.74, 6) is -0.0485. The second kappa shape index (κ2) is 6.48. The molecule has 1 aliphatic heterocycles. The van der Waals surface area contributed by atoms with Crippen molar-refractivity contribution < 1.29 is 4.79 Å². The Morgan fingerprint density at radius 2 is 2.00 bits per heavy atom. The number of carbonyl (C=O) groups is 1. The SMILES string of the molecule is Cc1cccc(NC(=O)C2CC(c3ccccc3Cl)NN2)c1. The number of anilines is 1. The van der Waals surface area contributed by atoms with Gasteiger partial charge in [-0.3, -0.25) is 4.79 Å². The standard InChI is InChI=1S/C17H18ClN3O/c1-11-5-4-6-12(9-11)19-17(22)16-10-15(20-21-16)13-7-2-3-8-14(13)18/h2-9,15-16,20-21H,10H2,1H3,(H,19,22). The smallest absolute Gasteiger partial charge is 0.242 e. The summed E-state index contributed by atoms with van der Waals surface area (Å²) >= 11 is 6.21. The molecule has 1 saturated heterocycles. The first-order valence-electron chi connectivity index (χ1n) is 7.26. The van der Waals surface area contributed by atoms with Gasteiger partial charge in [-0.1, -0.05) is 41.9 Å². The molecule has 0 aromatic heterocycles. The Kier molecular flexibility index (Phi) is 4.43. The summed E-state index contributed by atoms with van der Waals surface area (Å²) < 4.78 is 0. The summed E-state index contributed by atoms with van der Waals surface area (Å²) in [6, 6.07) is 15.2. The summed E-state index contributed by atoms with van der Waals surface area (Å²) in [6.07, 6.45) is 0.654. The van der Waals surface area contributed by atoms with Crippen LogP contribution in [0, 0.1) is 6.92 Å². The van der Waals surface area contributed by atoms with Crippen LogP contribution in [0.15, 0.2) is 48.5 Å². The molecule has 1 heterocycles. The maximum Gasteiger partial charge on any atom is 0.242 e. The highest BCUT2D eigenvalue weighted by Gasteiger charge is 2.31. The second-order valence-corrected chi connectivity index (χ2v) is 5.92. The van der Waals surface area contributed by atoms with Crippen LogP contribution in [0.3, 0.4) is 0 Å². The van der Waals surface area contributed by atoms with Gasteiger partial charge in [-0.05, 0) is 42.7 Å². The minimum atomic E-state index is -0.290. The number of aryl methyl sites for hydroxylation is 1. The molecule has 0 radical (unpaired) electrons. The van der Waals surface area contributed by atoms with Crippen LogP contribution in [0.4, 0.5) is 5.69 Å². The number of carbonyl (C=O) groups excluding carboxylic acids is 1. The normalized spacial score (nSPS) is 20.8. The Labute approximate surface area is 134 Å². The van der Waals surface area contributed by atoms with Gasteiger partial charge in [-0.25, -0.2) is 10.9 Å². The van der Waals surface area contributed by atoms with E-state index in [1.807, 2.05) is 55.5 Å². The Morgan fingerprint density at radius 1 is 1.18 bits per heavy atom. The molecule has 1 fully saturated rings. The summed E-state index contributed by atoms with van der Waals surface area (Å²) in [7, 11) is 0. The van der Waals surface area contributed by atoms with Crippen LogP contribution in [0.5, 0.6) is 0 Å². The van der Waals surface area contributed by atoms with E-state index in [0.717, 1.165) is 16.8 Å². The van der Waals surface area contributed by atoms with E-state index in [9.17, 15) is 4.79 Å². The number of amides is 1. The van der Waals surface area contributed by atoms with E-state index in [2.05, 4.69) is 16.2 Å². The fourth-order valence-corrected chi connectivity index (χ4v) is 2.91. The minimum absolute atomic E-state index is 0.0296. The maximum atomic E-state index is 12.3. The van der Waals surface area contributed by atoms with Gasteiger partial charge < -0.3 is 5.32 Å².